The zero-order valence-corrected chi connectivity index (χ0v) is 11.2. The van der Waals surface area contributed by atoms with Crippen LogP contribution in [0.3, 0.4) is 0 Å². The van der Waals surface area contributed by atoms with Gasteiger partial charge in [0, 0.05) is 6.07 Å². The van der Waals surface area contributed by atoms with Crippen molar-refractivity contribution in [2.24, 2.45) is 0 Å². The third kappa shape index (κ3) is 2.24. The number of rotatable bonds is 3. The first-order chi connectivity index (χ1) is 8.95. The normalized spacial score (nSPS) is 10.5. The molecule has 0 aliphatic carbocycles. The van der Waals surface area contributed by atoms with Crippen molar-refractivity contribution in [3.63, 3.8) is 0 Å². The van der Waals surface area contributed by atoms with Crippen LogP contribution in [0.1, 0.15) is 11.5 Å². The smallest absolute Gasteiger partial charge is 0.383 e. The number of ether oxygens (including phenoxy) is 1. The zero-order chi connectivity index (χ0) is 14.2. The van der Waals surface area contributed by atoms with Crippen molar-refractivity contribution in [2.45, 2.75) is 13.8 Å². The maximum atomic E-state index is 10.9. The number of hydrogen-bond donors (Lipinski definition) is 0. The lowest BCUT2D eigenvalue weighted by Gasteiger charge is -2.05. The van der Waals surface area contributed by atoms with Gasteiger partial charge in [0.25, 0.3) is 0 Å². The molecule has 0 spiro atoms. The Balaban J connectivity index is 2.75. The minimum absolute atomic E-state index is 0.0858. The largest absolute Gasteiger partial charge is 0.492 e. The molecule has 0 radical (unpaired) electrons. The Morgan fingerprint density at radius 2 is 2.16 bits per heavy atom. The molecule has 0 saturated heterocycles. The Morgan fingerprint density at radius 1 is 1.47 bits per heavy atom. The zero-order valence-electron chi connectivity index (χ0n) is 10.4. The highest BCUT2D eigenvalue weighted by atomic mass is 35.5. The maximum Gasteiger partial charge on any atom is 0.383 e. The molecule has 19 heavy (non-hydrogen) atoms. The summed E-state index contributed by atoms with van der Waals surface area (Å²) in [6, 6.07) is 1.36. The van der Waals surface area contributed by atoms with Crippen molar-refractivity contribution in [3.8, 4) is 17.0 Å². The van der Waals surface area contributed by atoms with Gasteiger partial charge in [-0.3, -0.25) is 0 Å². The minimum Gasteiger partial charge on any atom is -0.492 e. The first kappa shape index (κ1) is 13.3. The molecule has 7 nitrogen and oxygen atoms in total. The maximum absolute atomic E-state index is 10.9. The molecule has 2 aromatic rings. The molecule has 0 unspecified atom stereocenters. The quantitative estimate of drug-likeness (QED) is 0.635. The molecule has 100 valence electrons. The number of pyridine rings is 1. The molecule has 0 aromatic carbocycles. The molecule has 0 fully saturated rings. The van der Waals surface area contributed by atoms with Crippen molar-refractivity contribution in [1.82, 2.24) is 10.1 Å². The standard InChI is InChI=1S/C11H10ClN3O4/c1-5-9(6(2)19-14-5)10-8(18-3)4-7(12)11(13-10)15(16)17/h4H,1-3H3. The monoisotopic (exact) mass is 283 g/mol. The van der Waals surface area contributed by atoms with Gasteiger partial charge in [-0.05, 0) is 23.8 Å². The van der Waals surface area contributed by atoms with Gasteiger partial charge in [-0.1, -0.05) is 16.8 Å². The number of hydrogen-bond acceptors (Lipinski definition) is 6. The van der Waals surface area contributed by atoms with Gasteiger partial charge in [-0.2, -0.15) is 0 Å². The van der Waals surface area contributed by atoms with Crippen LogP contribution in [-0.2, 0) is 0 Å². The van der Waals surface area contributed by atoms with Gasteiger partial charge in [0.05, 0.1) is 18.4 Å². The second-order valence-electron chi connectivity index (χ2n) is 3.80. The second kappa shape index (κ2) is 4.85. The van der Waals surface area contributed by atoms with E-state index in [0.29, 0.717) is 22.8 Å². The lowest BCUT2D eigenvalue weighted by molar-refractivity contribution is -0.389. The summed E-state index contributed by atoms with van der Waals surface area (Å²) >= 11 is 5.79. The first-order valence-electron chi connectivity index (χ1n) is 5.27. The number of methoxy groups -OCH3 is 1. The van der Waals surface area contributed by atoms with Gasteiger partial charge in [0.1, 0.15) is 10.8 Å². The van der Waals surface area contributed by atoms with Gasteiger partial charge in [0.2, 0.25) is 5.69 Å². The van der Waals surface area contributed by atoms with E-state index in [-0.39, 0.29) is 10.7 Å². The molecule has 0 aliphatic heterocycles. The Hall–Kier alpha value is -2.15. The molecule has 2 heterocycles. The summed E-state index contributed by atoms with van der Waals surface area (Å²) in [7, 11) is 1.43. The summed E-state index contributed by atoms with van der Waals surface area (Å²) in [6.07, 6.45) is 0. The summed E-state index contributed by atoms with van der Waals surface area (Å²) in [6.45, 7) is 3.41. The van der Waals surface area contributed by atoms with Gasteiger partial charge in [-0.15, -0.1) is 0 Å². The van der Waals surface area contributed by atoms with E-state index in [1.807, 2.05) is 0 Å². The Kier molecular flexibility index (Phi) is 3.39. The van der Waals surface area contributed by atoms with E-state index in [2.05, 4.69) is 10.1 Å². The third-order valence-electron chi connectivity index (χ3n) is 2.59. The second-order valence-corrected chi connectivity index (χ2v) is 4.21. The molecule has 8 heteroatoms. The van der Waals surface area contributed by atoms with Crippen LogP contribution in [0.5, 0.6) is 5.75 Å². The molecule has 0 saturated carbocycles. The van der Waals surface area contributed by atoms with Crippen LogP contribution >= 0.6 is 11.6 Å². The molecule has 0 amide bonds. The molecular weight excluding hydrogens is 274 g/mol. The third-order valence-corrected chi connectivity index (χ3v) is 2.86. The van der Waals surface area contributed by atoms with Crippen molar-refractivity contribution >= 4 is 17.4 Å². The molecule has 0 atom stereocenters. The SMILES string of the molecule is COc1cc(Cl)c([N+](=O)[O-])nc1-c1c(C)noc1C. The summed E-state index contributed by atoms with van der Waals surface area (Å²) in [4.78, 5) is 14.2. The molecular formula is C11H10ClN3O4. The summed E-state index contributed by atoms with van der Waals surface area (Å²) < 4.78 is 10.2. The average Bonchev–Trinajstić information content (AvgIpc) is 2.68. The molecule has 2 aromatic heterocycles. The van der Waals surface area contributed by atoms with Crippen LogP contribution in [0.25, 0.3) is 11.3 Å². The highest BCUT2D eigenvalue weighted by molar-refractivity contribution is 6.32. The molecule has 0 N–H and O–H groups in total. The van der Waals surface area contributed by atoms with E-state index < -0.39 is 10.7 Å². The fourth-order valence-corrected chi connectivity index (χ4v) is 1.96. The van der Waals surface area contributed by atoms with Gasteiger partial charge in [-0.25, -0.2) is 0 Å². The minimum atomic E-state index is -0.649. The molecule has 0 aliphatic rings. The first-order valence-corrected chi connectivity index (χ1v) is 5.65. The lowest BCUT2D eigenvalue weighted by atomic mass is 10.1. The lowest BCUT2D eigenvalue weighted by Crippen LogP contribution is -1.99. The number of aryl methyl sites for hydroxylation is 2. The van der Waals surface area contributed by atoms with E-state index in [9.17, 15) is 10.1 Å². The van der Waals surface area contributed by atoms with Crippen molar-refractivity contribution in [2.75, 3.05) is 7.11 Å². The predicted octanol–water partition coefficient (Wildman–Crippen LogP) is 2.92. The molecule has 2 rings (SSSR count). The van der Waals surface area contributed by atoms with E-state index in [1.54, 1.807) is 13.8 Å². The fourth-order valence-electron chi connectivity index (χ4n) is 1.75. The van der Waals surface area contributed by atoms with E-state index in [1.165, 1.54) is 13.2 Å². The summed E-state index contributed by atoms with van der Waals surface area (Å²) in [5.74, 6) is 0.391. The highest BCUT2D eigenvalue weighted by Gasteiger charge is 2.27. The Labute approximate surface area is 113 Å². The van der Waals surface area contributed by atoms with Gasteiger partial charge >= 0.3 is 5.82 Å². The van der Waals surface area contributed by atoms with Crippen LogP contribution in [0.2, 0.25) is 5.02 Å². The number of nitro groups is 1. The molecule has 0 bridgehead atoms. The summed E-state index contributed by atoms with van der Waals surface area (Å²) in [5, 5.41) is 14.6. The number of halogens is 1. The van der Waals surface area contributed by atoms with Crippen molar-refractivity contribution < 1.29 is 14.2 Å². The number of nitrogens with zero attached hydrogens (tertiary/aromatic N) is 3. The van der Waals surface area contributed by atoms with Crippen LogP contribution in [0, 0.1) is 24.0 Å². The predicted molar refractivity (Wildman–Crippen MR) is 67.4 cm³/mol. The number of aromatic nitrogens is 2. The van der Waals surface area contributed by atoms with Crippen molar-refractivity contribution in [3.05, 3.63) is 32.7 Å². The van der Waals surface area contributed by atoms with E-state index in [0.717, 1.165) is 0 Å². The highest BCUT2D eigenvalue weighted by Crippen LogP contribution is 2.37. The summed E-state index contributed by atoms with van der Waals surface area (Å²) in [5.41, 5.74) is 1.42. The Bertz CT molecular complexity index is 634. The Morgan fingerprint density at radius 3 is 2.63 bits per heavy atom. The van der Waals surface area contributed by atoms with Crippen LogP contribution < -0.4 is 4.74 Å². The average molecular weight is 284 g/mol. The van der Waals surface area contributed by atoms with Crippen LogP contribution in [0.4, 0.5) is 5.82 Å². The van der Waals surface area contributed by atoms with Crippen molar-refractivity contribution in [1.29, 1.82) is 0 Å². The van der Waals surface area contributed by atoms with Gasteiger partial charge in [0.15, 0.2) is 5.75 Å². The van der Waals surface area contributed by atoms with Crippen LogP contribution in [-0.4, -0.2) is 22.2 Å². The van der Waals surface area contributed by atoms with Gasteiger partial charge < -0.3 is 19.4 Å². The fraction of sp³-hybridized carbons (Fsp3) is 0.273. The van der Waals surface area contributed by atoms with E-state index >= 15 is 0 Å². The van der Waals surface area contributed by atoms with E-state index in [4.69, 9.17) is 20.9 Å². The topological polar surface area (TPSA) is 91.3 Å². The van der Waals surface area contributed by atoms with Crippen LogP contribution in [0.15, 0.2) is 10.6 Å².